The fraction of sp³-hybridized carbons (Fsp3) is 0.400. The summed E-state index contributed by atoms with van der Waals surface area (Å²) >= 11 is 0. The Morgan fingerprint density at radius 2 is 0.881 bits per heavy atom. The molecule has 0 unspecified atom stereocenters. The van der Waals surface area contributed by atoms with Gasteiger partial charge in [-0.05, 0) is 72.2 Å². The number of unbranched alkanes of at least 4 members (excludes halogenated alkanes) is 2. The predicted octanol–water partition coefficient (Wildman–Crippen LogP) is 12.0. The number of nitrogens with zero attached hydrogens (tertiary/aromatic N) is 2. The van der Waals surface area contributed by atoms with Gasteiger partial charge in [0.15, 0.2) is 0 Å². The van der Waals surface area contributed by atoms with Crippen LogP contribution in [0, 0.1) is 11.8 Å². The summed E-state index contributed by atoms with van der Waals surface area (Å²) < 4.78 is 5.19. The third kappa shape index (κ3) is 5.37. The van der Waals surface area contributed by atoms with Crippen LogP contribution in [0.1, 0.15) is 79.1 Å². The molecule has 218 valence electrons. The van der Waals surface area contributed by atoms with Gasteiger partial charge in [-0.3, -0.25) is 0 Å². The average molecular weight is 557 g/mol. The summed E-state index contributed by atoms with van der Waals surface area (Å²) in [5.41, 5.74) is 8.07. The Morgan fingerprint density at radius 1 is 0.476 bits per heavy atom. The van der Waals surface area contributed by atoms with Crippen LogP contribution in [0.3, 0.4) is 0 Å². The maximum atomic E-state index is 2.60. The number of fused-ring (bicyclic) bond motifs is 6. The first-order valence-electron chi connectivity index (χ1n) is 16.7. The fourth-order valence-corrected chi connectivity index (χ4v) is 7.21. The summed E-state index contributed by atoms with van der Waals surface area (Å²) in [5, 5.41) is 5.49. The van der Waals surface area contributed by atoms with E-state index in [1.165, 1.54) is 106 Å². The number of aromatic nitrogens is 2. The minimum Gasteiger partial charge on any atom is -0.340 e. The van der Waals surface area contributed by atoms with Crippen LogP contribution in [-0.4, -0.2) is 9.13 Å². The van der Waals surface area contributed by atoms with Crippen LogP contribution < -0.4 is 0 Å². The zero-order valence-corrected chi connectivity index (χ0v) is 26.2. The molecule has 6 rings (SSSR count). The van der Waals surface area contributed by atoms with Crippen molar-refractivity contribution in [3.63, 3.8) is 0 Å². The van der Waals surface area contributed by atoms with E-state index in [0.29, 0.717) is 0 Å². The minimum atomic E-state index is 0.720. The molecule has 0 saturated heterocycles. The van der Waals surface area contributed by atoms with Crippen LogP contribution in [0.25, 0.3) is 54.7 Å². The van der Waals surface area contributed by atoms with Crippen molar-refractivity contribution in [2.24, 2.45) is 11.8 Å². The van der Waals surface area contributed by atoms with Crippen molar-refractivity contribution in [2.45, 2.75) is 92.2 Å². The van der Waals surface area contributed by atoms with E-state index in [2.05, 4.69) is 122 Å². The second kappa shape index (κ2) is 12.8. The van der Waals surface area contributed by atoms with Crippen molar-refractivity contribution in [2.75, 3.05) is 0 Å². The Morgan fingerprint density at radius 3 is 1.29 bits per heavy atom. The lowest BCUT2D eigenvalue weighted by Crippen LogP contribution is -2.10. The maximum absolute atomic E-state index is 2.60. The molecule has 0 saturated carbocycles. The van der Waals surface area contributed by atoms with Gasteiger partial charge in [-0.2, -0.15) is 0 Å². The molecular weight excluding hydrogens is 508 g/mol. The van der Waals surface area contributed by atoms with Crippen molar-refractivity contribution in [3.05, 3.63) is 84.9 Å². The van der Waals surface area contributed by atoms with Crippen LogP contribution >= 0.6 is 0 Å². The first kappa shape index (κ1) is 28.6. The minimum absolute atomic E-state index is 0.720. The van der Waals surface area contributed by atoms with Crippen LogP contribution in [0.2, 0.25) is 0 Å². The quantitative estimate of drug-likeness (QED) is 0.134. The van der Waals surface area contributed by atoms with Gasteiger partial charge in [-0.1, -0.05) is 115 Å². The summed E-state index contributed by atoms with van der Waals surface area (Å²) in [6, 6.07) is 32.4. The second-order valence-electron chi connectivity index (χ2n) is 12.6. The monoisotopic (exact) mass is 556 g/mol. The first-order valence-corrected chi connectivity index (χ1v) is 16.7. The van der Waals surface area contributed by atoms with Gasteiger partial charge in [0.2, 0.25) is 0 Å². The summed E-state index contributed by atoms with van der Waals surface area (Å²) in [6.07, 6.45) is 10.3. The van der Waals surface area contributed by atoms with E-state index in [1.54, 1.807) is 0 Å². The van der Waals surface area contributed by atoms with E-state index >= 15 is 0 Å². The lowest BCUT2D eigenvalue weighted by Gasteiger charge is -2.17. The number of hydrogen-bond acceptors (Lipinski definition) is 0. The Bertz CT molecular complexity index is 1670. The van der Waals surface area contributed by atoms with Crippen molar-refractivity contribution >= 4 is 43.6 Å². The Hall–Kier alpha value is -3.52. The molecule has 0 aliphatic carbocycles. The number of hydrogen-bond donors (Lipinski definition) is 0. The molecule has 0 aliphatic rings. The van der Waals surface area contributed by atoms with E-state index in [1.807, 2.05) is 0 Å². The molecule has 0 aliphatic heterocycles. The zero-order valence-electron chi connectivity index (χ0n) is 26.2. The van der Waals surface area contributed by atoms with E-state index in [0.717, 1.165) is 24.9 Å². The molecule has 2 nitrogen and oxygen atoms in total. The zero-order chi connectivity index (χ0) is 29.1. The lowest BCUT2D eigenvalue weighted by molar-refractivity contribution is 0.401. The van der Waals surface area contributed by atoms with E-state index in [4.69, 9.17) is 0 Å². The molecular formula is C40H48N2. The SMILES string of the molecule is CCCC[C@H](CC)Cn1c2ccccc2c2cc(-c3ccc4c(c3)c3ccccc3n4C[C@@H](CC)CCCC)ccc21. The topological polar surface area (TPSA) is 9.86 Å². The number of rotatable bonds is 13. The molecule has 42 heavy (non-hydrogen) atoms. The van der Waals surface area contributed by atoms with Gasteiger partial charge in [-0.15, -0.1) is 0 Å². The third-order valence-electron chi connectivity index (χ3n) is 9.85. The smallest absolute Gasteiger partial charge is 0.0491 e. The first-order chi connectivity index (χ1) is 20.7. The molecule has 0 radical (unpaired) electrons. The largest absolute Gasteiger partial charge is 0.340 e. The van der Waals surface area contributed by atoms with Gasteiger partial charge >= 0.3 is 0 Å². The van der Waals surface area contributed by atoms with Crippen molar-refractivity contribution in [1.29, 1.82) is 0 Å². The van der Waals surface area contributed by atoms with Crippen LogP contribution in [0.4, 0.5) is 0 Å². The highest BCUT2D eigenvalue weighted by molar-refractivity contribution is 6.11. The highest BCUT2D eigenvalue weighted by Crippen LogP contribution is 2.37. The molecule has 0 bridgehead atoms. The van der Waals surface area contributed by atoms with E-state index < -0.39 is 0 Å². The van der Waals surface area contributed by atoms with Crippen molar-refractivity contribution < 1.29 is 0 Å². The van der Waals surface area contributed by atoms with Gasteiger partial charge in [0.05, 0.1) is 0 Å². The van der Waals surface area contributed by atoms with Gasteiger partial charge in [0, 0.05) is 56.7 Å². The molecule has 0 amide bonds. The molecule has 2 atom stereocenters. The molecule has 0 N–H and O–H groups in total. The molecule has 0 spiro atoms. The van der Waals surface area contributed by atoms with Gasteiger partial charge in [-0.25, -0.2) is 0 Å². The highest BCUT2D eigenvalue weighted by atomic mass is 15.0. The standard InChI is InChI=1S/C40H48N2/c1-5-9-15-29(7-3)27-41-37-19-13-11-17-33(37)35-25-31(21-23-39(35)41)32-22-24-40-36(26-32)34-18-12-14-20-38(34)42(40)28-30(8-4)16-10-6-2/h11-14,17-26,29-30H,5-10,15-16,27-28H2,1-4H3/t29-,30-/m0/s1. The Labute approximate surface area is 252 Å². The molecule has 4 aromatic carbocycles. The molecule has 2 heterocycles. The normalized spacial score (nSPS) is 13.5. The molecule has 6 aromatic rings. The fourth-order valence-electron chi connectivity index (χ4n) is 7.21. The lowest BCUT2D eigenvalue weighted by atomic mass is 9.99. The number of para-hydroxylation sites is 2. The predicted molar refractivity (Wildman–Crippen MR) is 184 cm³/mol. The molecule has 2 aromatic heterocycles. The van der Waals surface area contributed by atoms with E-state index in [9.17, 15) is 0 Å². The van der Waals surface area contributed by atoms with Crippen LogP contribution in [0.15, 0.2) is 84.9 Å². The summed E-state index contributed by atoms with van der Waals surface area (Å²) in [7, 11) is 0. The van der Waals surface area contributed by atoms with Crippen molar-refractivity contribution in [3.8, 4) is 11.1 Å². The Kier molecular flexibility index (Phi) is 8.70. The van der Waals surface area contributed by atoms with Gasteiger partial charge in [0.1, 0.15) is 0 Å². The van der Waals surface area contributed by atoms with Crippen molar-refractivity contribution in [1.82, 2.24) is 9.13 Å². The Balaban J connectivity index is 1.43. The third-order valence-corrected chi connectivity index (χ3v) is 9.85. The summed E-state index contributed by atoms with van der Waals surface area (Å²) in [5.74, 6) is 1.44. The van der Waals surface area contributed by atoms with E-state index in [-0.39, 0.29) is 0 Å². The summed E-state index contributed by atoms with van der Waals surface area (Å²) in [6.45, 7) is 11.5. The van der Waals surface area contributed by atoms with Crippen LogP contribution in [0.5, 0.6) is 0 Å². The summed E-state index contributed by atoms with van der Waals surface area (Å²) in [4.78, 5) is 0. The molecule has 2 heteroatoms. The van der Waals surface area contributed by atoms with Gasteiger partial charge in [0.25, 0.3) is 0 Å². The highest BCUT2D eigenvalue weighted by Gasteiger charge is 2.17. The second-order valence-corrected chi connectivity index (χ2v) is 12.6. The van der Waals surface area contributed by atoms with Crippen LogP contribution in [-0.2, 0) is 13.1 Å². The maximum Gasteiger partial charge on any atom is 0.0491 e. The average Bonchev–Trinajstić information content (AvgIpc) is 3.52. The number of benzene rings is 4. The molecule has 0 fully saturated rings. The van der Waals surface area contributed by atoms with Gasteiger partial charge < -0.3 is 9.13 Å².